The van der Waals surface area contributed by atoms with Gasteiger partial charge in [-0.15, -0.1) is 0 Å². The lowest BCUT2D eigenvalue weighted by Gasteiger charge is -2.44. The van der Waals surface area contributed by atoms with Crippen molar-refractivity contribution in [3.8, 4) is 11.8 Å². The first kappa shape index (κ1) is 24.4. The Morgan fingerprint density at radius 2 is 2.00 bits per heavy atom. The molecule has 4 aromatic rings. The Balaban J connectivity index is 1.51. The van der Waals surface area contributed by atoms with Gasteiger partial charge in [0.1, 0.15) is 28.8 Å². The second kappa shape index (κ2) is 9.99. The SMILES string of the molecule is COc1ccc(C(c2cccc(F)c2)N2CCN(c3cc(=O)n(C)c4ccc(C#N)nc34)[C@@H](C)C2)nc1. The molecule has 9 heteroatoms. The van der Waals surface area contributed by atoms with Crippen molar-refractivity contribution >= 4 is 16.7 Å². The summed E-state index contributed by atoms with van der Waals surface area (Å²) in [6.07, 6.45) is 1.67. The molecule has 0 bridgehead atoms. The number of piperazine rings is 1. The van der Waals surface area contributed by atoms with Crippen LogP contribution < -0.4 is 15.2 Å². The lowest BCUT2D eigenvalue weighted by Crippen LogP contribution is -2.53. The van der Waals surface area contributed by atoms with Crippen LogP contribution in [0.4, 0.5) is 10.1 Å². The highest BCUT2D eigenvalue weighted by Crippen LogP contribution is 2.33. The fourth-order valence-electron chi connectivity index (χ4n) is 5.09. The Hall–Kier alpha value is -4.29. The Morgan fingerprint density at radius 1 is 1.16 bits per heavy atom. The number of rotatable bonds is 5. The Morgan fingerprint density at radius 3 is 2.68 bits per heavy atom. The number of methoxy groups -OCH3 is 1. The number of benzene rings is 1. The van der Waals surface area contributed by atoms with E-state index in [1.807, 2.05) is 18.2 Å². The van der Waals surface area contributed by atoms with Crippen LogP contribution in [0.15, 0.2) is 65.6 Å². The van der Waals surface area contributed by atoms with Crippen molar-refractivity contribution in [1.29, 1.82) is 5.26 Å². The van der Waals surface area contributed by atoms with Crippen LogP contribution >= 0.6 is 0 Å². The number of fused-ring (bicyclic) bond motifs is 1. The molecule has 0 radical (unpaired) electrons. The number of aromatic nitrogens is 3. The van der Waals surface area contributed by atoms with Crippen molar-refractivity contribution in [3.05, 3.63) is 93.9 Å². The zero-order valence-corrected chi connectivity index (χ0v) is 20.9. The van der Waals surface area contributed by atoms with Gasteiger partial charge in [0, 0.05) is 38.8 Å². The third-order valence-electron chi connectivity index (χ3n) is 6.96. The molecule has 37 heavy (non-hydrogen) atoms. The lowest BCUT2D eigenvalue weighted by atomic mass is 9.98. The summed E-state index contributed by atoms with van der Waals surface area (Å²) in [5.74, 6) is 0.357. The van der Waals surface area contributed by atoms with Crippen molar-refractivity contribution in [2.24, 2.45) is 7.05 Å². The first-order valence-electron chi connectivity index (χ1n) is 12.1. The molecule has 1 aliphatic heterocycles. The van der Waals surface area contributed by atoms with Crippen LogP contribution in [0.25, 0.3) is 11.0 Å². The number of ether oxygens (including phenoxy) is 1. The Kier molecular flexibility index (Phi) is 6.59. The summed E-state index contributed by atoms with van der Waals surface area (Å²) in [4.78, 5) is 26.4. The molecule has 0 aliphatic carbocycles. The van der Waals surface area contributed by atoms with Crippen LogP contribution in [-0.4, -0.2) is 52.2 Å². The molecule has 0 amide bonds. The third kappa shape index (κ3) is 4.63. The van der Waals surface area contributed by atoms with E-state index < -0.39 is 0 Å². The van der Waals surface area contributed by atoms with E-state index in [9.17, 15) is 14.4 Å². The van der Waals surface area contributed by atoms with E-state index in [1.165, 1.54) is 6.07 Å². The average Bonchev–Trinajstić information content (AvgIpc) is 2.91. The maximum absolute atomic E-state index is 14.2. The van der Waals surface area contributed by atoms with E-state index in [-0.39, 0.29) is 23.5 Å². The second-order valence-corrected chi connectivity index (χ2v) is 9.22. The minimum atomic E-state index is -0.298. The molecule has 0 N–H and O–H groups in total. The average molecular weight is 499 g/mol. The second-order valence-electron chi connectivity index (χ2n) is 9.22. The quantitative estimate of drug-likeness (QED) is 0.415. The fourth-order valence-corrected chi connectivity index (χ4v) is 5.09. The summed E-state index contributed by atoms with van der Waals surface area (Å²) in [5.41, 5.74) is 3.80. The zero-order valence-electron chi connectivity index (χ0n) is 20.9. The summed E-state index contributed by atoms with van der Waals surface area (Å²) < 4.78 is 21.1. The number of nitrogens with zero attached hydrogens (tertiary/aromatic N) is 6. The normalized spacial score (nSPS) is 16.9. The first-order chi connectivity index (χ1) is 17.9. The highest BCUT2D eigenvalue weighted by Gasteiger charge is 2.32. The van der Waals surface area contributed by atoms with Crippen LogP contribution in [-0.2, 0) is 7.05 Å². The van der Waals surface area contributed by atoms with Gasteiger partial charge in [0.05, 0.1) is 36.2 Å². The van der Waals surface area contributed by atoms with Gasteiger partial charge in [0.15, 0.2) is 0 Å². The van der Waals surface area contributed by atoms with Crippen molar-refractivity contribution in [3.63, 3.8) is 0 Å². The summed E-state index contributed by atoms with van der Waals surface area (Å²) in [6, 6.07) is 17.2. The minimum Gasteiger partial charge on any atom is -0.495 e. The zero-order chi connectivity index (χ0) is 26.1. The van der Waals surface area contributed by atoms with E-state index in [0.29, 0.717) is 47.8 Å². The van der Waals surface area contributed by atoms with Gasteiger partial charge in [-0.2, -0.15) is 5.26 Å². The van der Waals surface area contributed by atoms with Gasteiger partial charge in [-0.1, -0.05) is 12.1 Å². The van der Waals surface area contributed by atoms with Crippen LogP contribution in [0.1, 0.15) is 29.9 Å². The minimum absolute atomic E-state index is 0.00547. The summed E-state index contributed by atoms with van der Waals surface area (Å²) in [6.45, 7) is 4.00. The van der Waals surface area contributed by atoms with Crippen LogP contribution in [0.2, 0.25) is 0 Å². The third-order valence-corrected chi connectivity index (χ3v) is 6.96. The molecule has 188 valence electrons. The molecule has 2 atom stereocenters. The van der Waals surface area contributed by atoms with Crippen LogP contribution in [0, 0.1) is 17.1 Å². The van der Waals surface area contributed by atoms with E-state index in [4.69, 9.17) is 4.74 Å². The van der Waals surface area contributed by atoms with Crippen molar-refractivity contribution in [2.45, 2.75) is 19.0 Å². The topological polar surface area (TPSA) is 87.3 Å². The maximum atomic E-state index is 14.2. The number of halogens is 1. The summed E-state index contributed by atoms with van der Waals surface area (Å²) >= 11 is 0. The molecule has 1 unspecified atom stereocenters. The van der Waals surface area contributed by atoms with E-state index in [1.54, 1.807) is 55.3 Å². The predicted molar refractivity (Wildman–Crippen MR) is 139 cm³/mol. The van der Waals surface area contributed by atoms with Gasteiger partial charge in [0.2, 0.25) is 0 Å². The van der Waals surface area contributed by atoms with E-state index in [0.717, 1.165) is 11.3 Å². The van der Waals surface area contributed by atoms with Gasteiger partial charge in [-0.25, -0.2) is 9.37 Å². The number of hydrogen-bond acceptors (Lipinski definition) is 7. The molecular weight excluding hydrogens is 471 g/mol. The standard InChI is InChI=1S/C28H27FN6O2/c1-18-17-34(28(19-5-4-6-20(29)13-19)23-9-8-22(37-3)16-31-23)11-12-35(18)25-14-26(36)33(2)24-10-7-21(15-30)32-27(24)25/h4-10,13-14,16,18,28H,11-12,17H2,1-3H3/t18-,28?/m0/s1. The van der Waals surface area contributed by atoms with Crippen LogP contribution in [0.5, 0.6) is 5.75 Å². The van der Waals surface area contributed by atoms with Crippen molar-refractivity contribution in [2.75, 3.05) is 31.6 Å². The molecule has 4 heterocycles. The van der Waals surface area contributed by atoms with Gasteiger partial charge >= 0.3 is 0 Å². The molecule has 3 aromatic heterocycles. The molecular formula is C28H27FN6O2. The molecule has 8 nitrogen and oxygen atoms in total. The number of anilines is 1. The lowest BCUT2D eigenvalue weighted by molar-refractivity contribution is 0.185. The number of aryl methyl sites for hydroxylation is 1. The Bertz CT molecular complexity index is 1550. The predicted octanol–water partition coefficient (Wildman–Crippen LogP) is 3.65. The van der Waals surface area contributed by atoms with E-state index in [2.05, 4.69) is 32.8 Å². The number of nitriles is 1. The van der Waals surface area contributed by atoms with Gasteiger partial charge in [0.25, 0.3) is 5.56 Å². The monoisotopic (exact) mass is 498 g/mol. The van der Waals surface area contributed by atoms with Crippen molar-refractivity contribution in [1.82, 2.24) is 19.4 Å². The molecule has 0 saturated carbocycles. The summed E-state index contributed by atoms with van der Waals surface area (Å²) in [5, 5.41) is 9.40. The van der Waals surface area contributed by atoms with E-state index >= 15 is 0 Å². The molecule has 1 aromatic carbocycles. The Labute approximate surface area is 214 Å². The van der Waals surface area contributed by atoms with Gasteiger partial charge in [-0.3, -0.25) is 14.7 Å². The molecule has 1 fully saturated rings. The largest absolute Gasteiger partial charge is 0.495 e. The van der Waals surface area contributed by atoms with Crippen molar-refractivity contribution < 1.29 is 9.13 Å². The smallest absolute Gasteiger partial charge is 0.252 e. The molecule has 1 saturated heterocycles. The van der Waals surface area contributed by atoms with Gasteiger partial charge < -0.3 is 14.2 Å². The van der Waals surface area contributed by atoms with Gasteiger partial charge in [-0.05, 0) is 48.9 Å². The first-order valence-corrected chi connectivity index (χ1v) is 12.1. The fraction of sp³-hybridized carbons (Fsp3) is 0.286. The molecule has 5 rings (SSSR count). The summed E-state index contributed by atoms with van der Waals surface area (Å²) in [7, 11) is 3.30. The molecule has 0 spiro atoms. The highest BCUT2D eigenvalue weighted by atomic mass is 19.1. The molecule has 1 aliphatic rings. The van der Waals surface area contributed by atoms with Crippen LogP contribution in [0.3, 0.4) is 0 Å². The maximum Gasteiger partial charge on any atom is 0.252 e. The highest BCUT2D eigenvalue weighted by molar-refractivity contribution is 5.89. The number of hydrogen-bond donors (Lipinski definition) is 0. The number of pyridine rings is 3.